The number of hydrogen-bond donors (Lipinski definition) is 3. The summed E-state index contributed by atoms with van der Waals surface area (Å²) in [5.74, 6) is 0.0472. The first-order valence-electron chi connectivity index (χ1n) is 5.10. The average molecular weight is 202 g/mol. The van der Waals surface area contributed by atoms with E-state index in [1.807, 2.05) is 23.7 Å². The van der Waals surface area contributed by atoms with E-state index in [0.29, 0.717) is 0 Å². The first-order valence-corrected chi connectivity index (χ1v) is 5.10. The van der Waals surface area contributed by atoms with Crippen LogP contribution >= 0.6 is 0 Å². The number of hydrogen-bond acceptors (Lipinski definition) is 2. The zero-order valence-electron chi connectivity index (χ0n) is 8.46. The Morgan fingerprint density at radius 1 is 1.40 bits per heavy atom. The van der Waals surface area contributed by atoms with Gasteiger partial charge in [0.05, 0.1) is 0 Å². The summed E-state index contributed by atoms with van der Waals surface area (Å²) in [6.45, 7) is 0. The largest absolute Gasteiger partial charge is 0.290 e. The molecule has 0 bridgehead atoms. The summed E-state index contributed by atoms with van der Waals surface area (Å²) in [4.78, 5) is 0. The highest BCUT2D eigenvalue weighted by Crippen LogP contribution is 2.20. The van der Waals surface area contributed by atoms with Gasteiger partial charge in [-0.1, -0.05) is 24.3 Å². The van der Waals surface area contributed by atoms with Crippen LogP contribution in [0.2, 0.25) is 0 Å². The van der Waals surface area contributed by atoms with E-state index in [1.54, 1.807) is 0 Å². The van der Waals surface area contributed by atoms with Crippen LogP contribution in [0.3, 0.4) is 0 Å². The van der Waals surface area contributed by atoms with Gasteiger partial charge in [-0.15, -0.1) is 0 Å². The standard InChI is InChI=1S/C12H14N2O/c13-12(14-15)11-7-6-9-4-2-1-3-5-10(9)8-11/h2,4,6-8,15H,1,3,5H2,(H2,13,14). The van der Waals surface area contributed by atoms with Crippen molar-refractivity contribution >= 4 is 11.9 Å². The van der Waals surface area contributed by atoms with Crippen molar-refractivity contribution in [2.45, 2.75) is 19.3 Å². The molecule has 0 amide bonds. The molecule has 0 saturated heterocycles. The third kappa shape index (κ3) is 2.07. The zero-order valence-corrected chi connectivity index (χ0v) is 8.46. The Hall–Kier alpha value is -1.61. The van der Waals surface area contributed by atoms with E-state index in [2.05, 4.69) is 12.2 Å². The van der Waals surface area contributed by atoms with E-state index < -0.39 is 0 Å². The van der Waals surface area contributed by atoms with Crippen molar-refractivity contribution in [3.8, 4) is 0 Å². The van der Waals surface area contributed by atoms with Gasteiger partial charge >= 0.3 is 0 Å². The SMILES string of the molecule is N=C(NO)c1ccc2c(c1)CCCC=C2. The quantitative estimate of drug-likeness (QED) is 0.372. The lowest BCUT2D eigenvalue weighted by atomic mass is 10.0. The van der Waals surface area contributed by atoms with Crippen LogP contribution in [0.1, 0.15) is 29.5 Å². The van der Waals surface area contributed by atoms with Gasteiger partial charge in [0.2, 0.25) is 0 Å². The highest BCUT2D eigenvalue weighted by atomic mass is 16.5. The van der Waals surface area contributed by atoms with Crippen molar-refractivity contribution in [2.75, 3.05) is 0 Å². The maximum atomic E-state index is 8.66. The van der Waals surface area contributed by atoms with E-state index in [9.17, 15) is 0 Å². The Morgan fingerprint density at radius 2 is 2.27 bits per heavy atom. The summed E-state index contributed by atoms with van der Waals surface area (Å²) in [5.41, 5.74) is 5.07. The molecule has 1 aliphatic rings. The summed E-state index contributed by atoms with van der Waals surface area (Å²) < 4.78 is 0. The normalized spacial score (nSPS) is 14.2. The lowest BCUT2D eigenvalue weighted by Crippen LogP contribution is -2.18. The summed E-state index contributed by atoms with van der Waals surface area (Å²) >= 11 is 0. The fourth-order valence-corrected chi connectivity index (χ4v) is 1.83. The molecule has 0 fully saturated rings. The molecule has 0 aromatic heterocycles. The van der Waals surface area contributed by atoms with E-state index in [-0.39, 0.29) is 5.84 Å². The third-order valence-corrected chi connectivity index (χ3v) is 2.66. The Morgan fingerprint density at radius 3 is 3.07 bits per heavy atom. The molecule has 1 aromatic carbocycles. The molecule has 0 unspecified atom stereocenters. The highest BCUT2D eigenvalue weighted by molar-refractivity contribution is 5.95. The minimum atomic E-state index is 0.0472. The van der Waals surface area contributed by atoms with Crippen LogP contribution in [-0.2, 0) is 6.42 Å². The van der Waals surface area contributed by atoms with Crippen molar-refractivity contribution < 1.29 is 5.21 Å². The predicted octanol–water partition coefficient (Wildman–Crippen LogP) is 2.34. The third-order valence-electron chi connectivity index (χ3n) is 2.66. The van der Waals surface area contributed by atoms with Crippen LogP contribution in [0.4, 0.5) is 0 Å². The Balaban J connectivity index is 2.37. The molecule has 0 aliphatic heterocycles. The van der Waals surface area contributed by atoms with Crippen LogP contribution < -0.4 is 5.48 Å². The molecule has 1 aliphatic carbocycles. The van der Waals surface area contributed by atoms with Crippen molar-refractivity contribution in [1.82, 2.24) is 5.48 Å². The number of fused-ring (bicyclic) bond motifs is 1. The van der Waals surface area contributed by atoms with Gasteiger partial charge in [-0.05, 0) is 36.5 Å². The lowest BCUT2D eigenvalue weighted by molar-refractivity contribution is 0.234. The predicted molar refractivity (Wildman–Crippen MR) is 60.2 cm³/mol. The van der Waals surface area contributed by atoms with Crippen LogP contribution in [0.5, 0.6) is 0 Å². The first kappa shape index (κ1) is 9.93. The van der Waals surface area contributed by atoms with Crippen LogP contribution in [0.15, 0.2) is 24.3 Å². The lowest BCUT2D eigenvalue weighted by Gasteiger charge is -2.07. The van der Waals surface area contributed by atoms with E-state index >= 15 is 0 Å². The summed E-state index contributed by atoms with van der Waals surface area (Å²) in [5, 5.41) is 16.1. The maximum Gasteiger partial charge on any atom is 0.149 e. The molecule has 15 heavy (non-hydrogen) atoms. The van der Waals surface area contributed by atoms with E-state index in [4.69, 9.17) is 10.6 Å². The minimum absolute atomic E-state index is 0.0472. The number of rotatable bonds is 1. The summed E-state index contributed by atoms with van der Waals surface area (Å²) in [6, 6.07) is 5.81. The van der Waals surface area contributed by atoms with Crippen molar-refractivity contribution in [3.63, 3.8) is 0 Å². The molecule has 3 nitrogen and oxygen atoms in total. The smallest absolute Gasteiger partial charge is 0.149 e. The molecule has 0 saturated carbocycles. The molecular formula is C12H14N2O. The number of benzene rings is 1. The van der Waals surface area contributed by atoms with Gasteiger partial charge in [-0.2, -0.15) is 0 Å². The molecule has 3 N–H and O–H groups in total. The molecule has 78 valence electrons. The molecule has 1 aromatic rings. The summed E-state index contributed by atoms with van der Waals surface area (Å²) in [7, 11) is 0. The van der Waals surface area contributed by atoms with Gasteiger partial charge in [0, 0.05) is 5.56 Å². The van der Waals surface area contributed by atoms with Gasteiger partial charge in [0.25, 0.3) is 0 Å². The van der Waals surface area contributed by atoms with Gasteiger partial charge in [-0.3, -0.25) is 16.1 Å². The van der Waals surface area contributed by atoms with Crippen LogP contribution in [0, 0.1) is 5.41 Å². The van der Waals surface area contributed by atoms with Crippen molar-refractivity contribution in [2.24, 2.45) is 0 Å². The molecule has 0 atom stereocenters. The number of nitrogens with one attached hydrogen (secondary N) is 2. The Labute approximate surface area is 88.9 Å². The maximum absolute atomic E-state index is 8.66. The zero-order chi connectivity index (χ0) is 10.7. The number of allylic oxidation sites excluding steroid dienone is 1. The molecule has 3 heteroatoms. The van der Waals surface area contributed by atoms with Crippen molar-refractivity contribution in [1.29, 1.82) is 5.41 Å². The second kappa shape index (κ2) is 4.28. The van der Waals surface area contributed by atoms with E-state index in [1.165, 1.54) is 11.1 Å². The van der Waals surface area contributed by atoms with E-state index in [0.717, 1.165) is 24.8 Å². The molecule has 2 rings (SSSR count). The number of aryl methyl sites for hydroxylation is 1. The average Bonchev–Trinajstić information content (AvgIpc) is 2.51. The van der Waals surface area contributed by atoms with Gasteiger partial charge in [0.1, 0.15) is 5.84 Å². The topological polar surface area (TPSA) is 56.1 Å². The second-order valence-electron chi connectivity index (χ2n) is 3.69. The molecule has 0 radical (unpaired) electrons. The molecular weight excluding hydrogens is 188 g/mol. The number of hydroxylamine groups is 1. The van der Waals surface area contributed by atoms with Crippen molar-refractivity contribution in [3.05, 3.63) is 41.0 Å². The Kier molecular flexibility index (Phi) is 2.83. The van der Waals surface area contributed by atoms with Crippen LogP contribution in [-0.4, -0.2) is 11.0 Å². The fourth-order valence-electron chi connectivity index (χ4n) is 1.83. The second-order valence-corrected chi connectivity index (χ2v) is 3.69. The van der Waals surface area contributed by atoms with Crippen LogP contribution in [0.25, 0.3) is 6.08 Å². The van der Waals surface area contributed by atoms with Gasteiger partial charge in [0.15, 0.2) is 0 Å². The van der Waals surface area contributed by atoms with Gasteiger partial charge < -0.3 is 0 Å². The molecule has 0 heterocycles. The van der Waals surface area contributed by atoms with Gasteiger partial charge in [-0.25, -0.2) is 0 Å². The minimum Gasteiger partial charge on any atom is -0.290 e. The first-order chi connectivity index (χ1) is 7.31. The Bertz CT molecular complexity index is 410. The fraction of sp³-hybridized carbons (Fsp3) is 0.250. The number of amidine groups is 1. The summed E-state index contributed by atoms with van der Waals surface area (Å²) in [6.07, 6.45) is 7.60. The molecule has 0 spiro atoms. The highest BCUT2D eigenvalue weighted by Gasteiger charge is 2.06. The monoisotopic (exact) mass is 202 g/mol.